The van der Waals surface area contributed by atoms with Crippen LogP contribution < -0.4 is 0 Å². The molecule has 0 radical (unpaired) electrons. The number of piperidine rings is 1. The number of aliphatic carboxylic acids is 1. The second-order valence-corrected chi connectivity index (χ2v) is 6.18. The molecule has 0 bridgehead atoms. The highest BCUT2D eigenvalue weighted by molar-refractivity contribution is 9.10. The summed E-state index contributed by atoms with van der Waals surface area (Å²) < 4.78 is 26.7. The van der Waals surface area contributed by atoms with Crippen molar-refractivity contribution >= 4 is 27.8 Å². The molecule has 0 aliphatic carbocycles. The monoisotopic (exact) mass is 375 g/mol. The van der Waals surface area contributed by atoms with Crippen LogP contribution in [-0.4, -0.2) is 34.5 Å². The Hall–Kier alpha value is -1.50. The molecule has 0 saturated carbocycles. The molecule has 1 aromatic carbocycles. The van der Waals surface area contributed by atoms with Crippen molar-refractivity contribution in [2.24, 2.45) is 0 Å². The fraction of sp³-hybridized carbons (Fsp3) is 0.467. The summed E-state index contributed by atoms with van der Waals surface area (Å²) >= 11 is 3.08. The number of nitrogens with zero attached hydrogens (tertiary/aromatic N) is 1. The van der Waals surface area contributed by atoms with Crippen molar-refractivity contribution in [2.75, 3.05) is 6.54 Å². The average molecular weight is 376 g/mol. The first-order valence-electron chi connectivity index (χ1n) is 7.07. The number of rotatable bonds is 4. The lowest BCUT2D eigenvalue weighted by molar-refractivity contribution is -0.137. The van der Waals surface area contributed by atoms with E-state index in [0.29, 0.717) is 13.0 Å². The van der Waals surface area contributed by atoms with Gasteiger partial charge < -0.3 is 10.0 Å². The molecule has 1 saturated heterocycles. The van der Waals surface area contributed by atoms with Crippen LogP contribution in [0.1, 0.15) is 42.5 Å². The zero-order chi connectivity index (χ0) is 16.3. The van der Waals surface area contributed by atoms with Gasteiger partial charge in [0.25, 0.3) is 5.91 Å². The van der Waals surface area contributed by atoms with E-state index in [1.54, 1.807) is 4.90 Å². The maximum atomic E-state index is 13.4. The van der Waals surface area contributed by atoms with E-state index >= 15 is 0 Å². The van der Waals surface area contributed by atoms with Gasteiger partial charge in [0, 0.05) is 23.5 Å². The lowest BCUT2D eigenvalue weighted by atomic mass is 9.97. The lowest BCUT2D eigenvalue weighted by Gasteiger charge is -2.36. The number of carboxylic acid groups (broad SMARTS) is 1. The van der Waals surface area contributed by atoms with Gasteiger partial charge in [-0.15, -0.1) is 0 Å². The van der Waals surface area contributed by atoms with E-state index in [0.717, 1.165) is 31.4 Å². The molecule has 1 amide bonds. The van der Waals surface area contributed by atoms with Crippen LogP contribution in [0.4, 0.5) is 8.78 Å². The van der Waals surface area contributed by atoms with Crippen LogP contribution in [0.15, 0.2) is 16.6 Å². The molecule has 0 spiro atoms. The van der Waals surface area contributed by atoms with Crippen LogP contribution in [-0.2, 0) is 4.79 Å². The summed E-state index contributed by atoms with van der Waals surface area (Å²) in [7, 11) is 0. The van der Waals surface area contributed by atoms with E-state index < -0.39 is 23.5 Å². The predicted molar refractivity (Wildman–Crippen MR) is 79.6 cm³/mol. The van der Waals surface area contributed by atoms with Crippen LogP contribution >= 0.6 is 15.9 Å². The number of hydrogen-bond donors (Lipinski definition) is 1. The number of carbonyl (C=O) groups excluding carboxylic acids is 1. The number of carbonyl (C=O) groups is 2. The number of benzene rings is 1. The van der Waals surface area contributed by atoms with Crippen LogP contribution in [0.5, 0.6) is 0 Å². The zero-order valence-corrected chi connectivity index (χ0v) is 13.4. The van der Waals surface area contributed by atoms with Gasteiger partial charge in [0.15, 0.2) is 11.6 Å². The van der Waals surface area contributed by atoms with Gasteiger partial charge in [0.1, 0.15) is 0 Å². The molecule has 0 aromatic heterocycles. The summed E-state index contributed by atoms with van der Waals surface area (Å²) in [5.74, 6) is -3.41. The van der Waals surface area contributed by atoms with Crippen molar-refractivity contribution in [2.45, 2.75) is 38.1 Å². The molecule has 1 heterocycles. The van der Waals surface area contributed by atoms with Crippen LogP contribution in [0.2, 0.25) is 0 Å². The van der Waals surface area contributed by atoms with Crippen molar-refractivity contribution in [1.29, 1.82) is 0 Å². The Kier molecular flexibility index (Phi) is 5.50. The molecule has 4 nitrogen and oxygen atoms in total. The van der Waals surface area contributed by atoms with Gasteiger partial charge in [-0.3, -0.25) is 9.59 Å². The normalized spacial score (nSPS) is 18.3. The summed E-state index contributed by atoms with van der Waals surface area (Å²) in [6.07, 6.45) is 2.81. The summed E-state index contributed by atoms with van der Waals surface area (Å²) in [5.41, 5.74) is 0.0566. The van der Waals surface area contributed by atoms with Crippen molar-refractivity contribution in [3.8, 4) is 0 Å². The molecule has 1 N–H and O–H groups in total. The molecule has 120 valence electrons. The molecule has 1 aliphatic heterocycles. The molecule has 7 heteroatoms. The number of carboxylic acids is 1. The molecular weight excluding hydrogens is 360 g/mol. The SMILES string of the molecule is O=C(O)CCC1CCCCN1C(=O)c1cc(F)c(F)cc1Br. The number of hydrogen-bond acceptors (Lipinski definition) is 2. The smallest absolute Gasteiger partial charge is 0.303 e. The van der Waals surface area contributed by atoms with Gasteiger partial charge in [-0.1, -0.05) is 0 Å². The van der Waals surface area contributed by atoms with Crippen molar-refractivity contribution in [3.05, 3.63) is 33.8 Å². The van der Waals surface area contributed by atoms with Gasteiger partial charge in [-0.25, -0.2) is 8.78 Å². The third-order valence-corrected chi connectivity index (χ3v) is 4.48. The summed E-state index contributed by atoms with van der Waals surface area (Å²) in [4.78, 5) is 24.9. The average Bonchev–Trinajstić information content (AvgIpc) is 2.48. The standard InChI is InChI=1S/C15H16BrF2NO3/c16-11-8-13(18)12(17)7-10(11)15(22)19-6-2-1-3-9(19)4-5-14(20)21/h7-9H,1-6H2,(H,20,21). The fourth-order valence-corrected chi connectivity index (χ4v) is 3.18. The maximum absolute atomic E-state index is 13.4. The minimum Gasteiger partial charge on any atom is -0.481 e. The number of likely N-dealkylation sites (tertiary alicyclic amines) is 1. The number of halogens is 3. The molecule has 1 atom stereocenters. The lowest BCUT2D eigenvalue weighted by Crippen LogP contribution is -2.44. The van der Waals surface area contributed by atoms with Gasteiger partial charge in [-0.05, 0) is 53.7 Å². The Morgan fingerprint density at radius 3 is 2.64 bits per heavy atom. The van der Waals surface area contributed by atoms with Crippen molar-refractivity contribution in [3.63, 3.8) is 0 Å². The van der Waals surface area contributed by atoms with E-state index in [2.05, 4.69) is 15.9 Å². The molecule has 1 aromatic rings. The first-order valence-corrected chi connectivity index (χ1v) is 7.86. The highest BCUT2D eigenvalue weighted by atomic mass is 79.9. The molecule has 22 heavy (non-hydrogen) atoms. The summed E-state index contributed by atoms with van der Waals surface area (Å²) in [6, 6.07) is 1.63. The summed E-state index contributed by atoms with van der Waals surface area (Å²) in [5, 5.41) is 8.79. The van der Waals surface area contributed by atoms with Gasteiger partial charge >= 0.3 is 5.97 Å². The van der Waals surface area contributed by atoms with E-state index in [1.807, 2.05) is 0 Å². The number of amides is 1. The van der Waals surface area contributed by atoms with E-state index in [-0.39, 0.29) is 22.5 Å². The Balaban J connectivity index is 2.21. The molecule has 1 unspecified atom stereocenters. The fourth-order valence-electron chi connectivity index (χ4n) is 2.70. The first kappa shape index (κ1) is 16.9. The second kappa shape index (κ2) is 7.17. The third kappa shape index (κ3) is 3.82. The minimum absolute atomic E-state index is 0.0204. The van der Waals surface area contributed by atoms with Gasteiger partial charge in [-0.2, -0.15) is 0 Å². The predicted octanol–water partition coefficient (Wildman–Crippen LogP) is 3.59. The third-order valence-electron chi connectivity index (χ3n) is 3.82. The molecule has 2 rings (SSSR count). The van der Waals surface area contributed by atoms with E-state index in [9.17, 15) is 18.4 Å². The highest BCUT2D eigenvalue weighted by Crippen LogP contribution is 2.27. The van der Waals surface area contributed by atoms with Crippen LogP contribution in [0, 0.1) is 11.6 Å². The quantitative estimate of drug-likeness (QED) is 0.818. The molecule has 1 aliphatic rings. The van der Waals surface area contributed by atoms with Crippen molar-refractivity contribution in [1.82, 2.24) is 4.90 Å². The minimum atomic E-state index is -1.08. The van der Waals surface area contributed by atoms with Gasteiger partial charge in [0.05, 0.1) is 5.56 Å². The van der Waals surface area contributed by atoms with Crippen LogP contribution in [0.25, 0.3) is 0 Å². The second-order valence-electron chi connectivity index (χ2n) is 5.33. The summed E-state index contributed by atoms with van der Waals surface area (Å²) in [6.45, 7) is 0.495. The first-order chi connectivity index (χ1) is 10.4. The van der Waals surface area contributed by atoms with Gasteiger partial charge in [0.2, 0.25) is 0 Å². The largest absolute Gasteiger partial charge is 0.481 e. The van der Waals surface area contributed by atoms with Crippen LogP contribution in [0.3, 0.4) is 0 Å². The van der Waals surface area contributed by atoms with E-state index in [4.69, 9.17) is 5.11 Å². The Morgan fingerprint density at radius 2 is 1.95 bits per heavy atom. The Labute approximate surface area is 135 Å². The maximum Gasteiger partial charge on any atom is 0.303 e. The highest BCUT2D eigenvalue weighted by Gasteiger charge is 2.29. The van der Waals surface area contributed by atoms with Crippen molar-refractivity contribution < 1.29 is 23.5 Å². The Morgan fingerprint density at radius 1 is 1.27 bits per heavy atom. The molecular formula is C15H16BrF2NO3. The molecule has 1 fully saturated rings. The topological polar surface area (TPSA) is 57.6 Å². The van der Waals surface area contributed by atoms with E-state index in [1.165, 1.54) is 0 Å². The zero-order valence-electron chi connectivity index (χ0n) is 11.8. The Bertz CT molecular complexity index is 594.